The molecule has 1 amide bonds. The number of piperidine rings is 1. The number of nitrogens with zero attached hydrogens (tertiary/aromatic N) is 3. The van der Waals surface area contributed by atoms with Gasteiger partial charge >= 0.3 is 0 Å². The van der Waals surface area contributed by atoms with Crippen molar-refractivity contribution in [3.8, 4) is 17.1 Å². The van der Waals surface area contributed by atoms with Crippen LogP contribution < -0.4 is 4.74 Å². The van der Waals surface area contributed by atoms with Crippen LogP contribution >= 0.6 is 11.6 Å². The number of aromatic nitrogens is 2. The fourth-order valence-corrected chi connectivity index (χ4v) is 2.92. The maximum atomic E-state index is 10.7. The molecule has 0 spiro atoms. The van der Waals surface area contributed by atoms with Gasteiger partial charge in [-0.3, -0.25) is 4.79 Å². The quantitative estimate of drug-likeness (QED) is 0.785. The Morgan fingerprint density at radius 3 is 2.87 bits per heavy atom. The predicted octanol–water partition coefficient (Wildman–Crippen LogP) is 3.12. The van der Waals surface area contributed by atoms with E-state index >= 15 is 0 Å². The molecule has 1 aliphatic heterocycles. The number of hydrogen-bond acceptors (Lipinski definition) is 5. The first-order chi connectivity index (χ1) is 11.2. The number of rotatable bonds is 5. The Balaban J connectivity index is 1.74. The SMILES string of the molecule is CCOc1ccc(-c2noc(C3CCN(C=O)CC3)n2)cc1Cl. The van der Waals surface area contributed by atoms with Gasteiger partial charge in [-0.2, -0.15) is 4.98 Å². The number of carbonyl (C=O) groups is 1. The number of halogens is 1. The topological polar surface area (TPSA) is 68.5 Å². The average molecular weight is 336 g/mol. The second-order valence-corrected chi connectivity index (χ2v) is 5.86. The molecule has 0 unspecified atom stereocenters. The van der Waals surface area contributed by atoms with E-state index in [0.717, 1.165) is 37.9 Å². The summed E-state index contributed by atoms with van der Waals surface area (Å²) in [7, 11) is 0. The summed E-state index contributed by atoms with van der Waals surface area (Å²) in [5, 5.41) is 4.57. The number of likely N-dealkylation sites (tertiary alicyclic amines) is 1. The van der Waals surface area contributed by atoms with Crippen LogP contribution in [0.3, 0.4) is 0 Å². The molecule has 0 radical (unpaired) electrons. The standard InChI is InChI=1S/C16H18ClN3O3/c1-2-22-14-4-3-12(9-13(14)17)15-18-16(23-19-15)11-5-7-20(10-21)8-6-11/h3-4,9-11H,2,5-8H2,1H3. The Morgan fingerprint density at radius 2 is 2.22 bits per heavy atom. The molecule has 7 heteroatoms. The highest BCUT2D eigenvalue weighted by molar-refractivity contribution is 6.32. The number of ether oxygens (including phenoxy) is 1. The fourth-order valence-electron chi connectivity index (χ4n) is 2.68. The van der Waals surface area contributed by atoms with Gasteiger partial charge in [-0.15, -0.1) is 0 Å². The van der Waals surface area contributed by atoms with Crippen molar-refractivity contribution in [2.45, 2.75) is 25.7 Å². The van der Waals surface area contributed by atoms with Gasteiger partial charge in [-0.25, -0.2) is 0 Å². The molecule has 0 aliphatic carbocycles. The lowest BCUT2D eigenvalue weighted by Gasteiger charge is -2.26. The molecular formula is C16H18ClN3O3. The first-order valence-electron chi connectivity index (χ1n) is 7.67. The monoisotopic (exact) mass is 335 g/mol. The summed E-state index contributed by atoms with van der Waals surface area (Å²) in [5.74, 6) is 1.98. The van der Waals surface area contributed by atoms with Crippen LogP contribution in [0.5, 0.6) is 5.75 Å². The summed E-state index contributed by atoms with van der Waals surface area (Å²) in [5.41, 5.74) is 0.791. The zero-order valence-corrected chi connectivity index (χ0v) is 13.6. The van der Waals surface area contributed by atoms with E-state index in [9.17, 15) is 4.79 Å². The van der Waals surface area contributed by atoms with Crippen LogP contribution in [0.15, 0.2) is 22.7 Å². The largest absolute Gasteiger partial charge is 0.492 e. The van der Waals surface area contributed by atoms with Gasteiger partial charge in [0.05, 0.1) is 11.6 Å². The molecule has 0 bridgehead atoms. The van der Waals surface area contributed by atoms with Gasteiger partial charge in [-0.05, 0) is 38.0 Å². The lowest BCUT2D eigenvalue weighted by Crippen LogP contribution is -2.31. The highest BCUT2D eigenvalue weighted by Gasteiger charge is 2.25. The molecule has 23 heavy (non-hydrogen) atoms. The Bertz CT molecular complexity index is 681. The van der Waals surface area contributed by atoms with Crippen LogP contribution in [0.2, 0.25) is 5.02 Å². The van der Waals surface area contributed by atoms with Crippen molar-refractivity contribution in [2.24, 2.45) is 0 Å². The van der Waals surface area contributed by atoms with Gasteiger partial charge in [-0.1, -0.05) is 16.8 Å². The molecule has 0 N–H and O–H groups in total. The van der Waals surface area contributed by atoms with Gasteiger partial charge in [0.15, 0.2) is 0 Å². The van der Waals surface area contributed by atoms with Crippen molar-refractivity contribution < 1.29 is 14.1 Å². The molecule has 2 aromatic rings. The van der Waals surface area contributed by atoms with E-state index in [4.69, 9.17) is 20.9 Å². The van der Waals surface area contributed by atoms with E-state index in [2.05, 4.69) is 10.1 Å². The number of carbonyl (C=O) groups excluding carboxylic acids is 1. The molecule has 6 nitrogen and oxygen atoms in total. The maximum absolute atomic E-state index is 10.7. The second kappa shape index (κ2) is 7.00. The fraction of sp³-hybridized carbons (Fsp3) is 0.438. The molecule has 1 aliphatic rings. The average Bonchev–Trinajstić information content (AvgIpc) is 3.07. The minimum atomic E-state index is 0.200. The number of benzene rings is 1. The van der Waals surface area contributed by atoms with Crippen LogP contribution in [0, 0.1) is 0 Å². The summed E-state index contributed by atoms with van der Waals surface area (Å²) in [6.45, 7) is 3.91. The lowest BCUT2D eigenvalue weighted by atomic mass is 9.97. The normalized spacial score (nSPS) is 15.7. The minimum Gasteiger partial charge on any atom is -0.492 e. The van der Waals surface area contributed by atoms with Crippen molar-refractivity contribution in [3.63, 3.8) is 0 Å². The van der Waals surface area contributed by atoms with Crippen LogP contribution in [0.4, 0.5) is 0 Å². The highest BCUT2D eigenvalue weighted by Crippen LogP contribution is 2.31. The van der Waals surface area contributed by atoms with Crippen molar-refractivity contribution in [3.05, 3.63) is 29.1 Å². The van der Waals surface area contributed by atoms with E-state index in [1.54, 1.807) is 17.0 Å². The molecule has 0 atom stereocenters. The lowest BCUT2D eigenvalue weighted by molar-refractivity contribution is -0.119. The summed E-state index contributed by atoms with van der Waals surface area (Å²) in [6, 6.07) is 5.44. The third-order valence-electron chi connectivity index (χ3n) is 3.96. The highest BCUT2D eigenvalue weighted by atomic mass is 35.5. The summed E-state index contributed by atoms with van der Waals surface area (Å²) in [4.78, 5) is 17.0. The van der Waals surface area contributed by atoms with Crippen LogP contribution in [0.1, 0.15) is 31.6 Å². The summed E-state index contributed by atoms with van der Waals surface area (Å²) >= 11 is 6.20. The smallest absolute Gasteiger partial charge is 0.230 e. The van der Waals surface area contributed by atoms with Gasteiger partial charge in [0.25, 0.3) is 0 Å². The first-order valence-corrected chi connectivity index (χ1v) is 8.04. The van der Waals surface area contributed by atoms with Gasteiger partial charge in [0.1, 0.15) is 5.75 Å². The molecule has 122 valence electrons. The van der Waals surface area contributed by atoms with Crippen molar-refractivity contribution >= 4 is 18.0 Å². The third-order valence-corrected chi connectivity index (χ3v) is 4.25. The van der Waals surface area contributed by atoms with Crippen molar-refractivity contribution in [1.82, 2.24) is 15.0 Å². The third kappa shape index (κ3) is 3.47. The summed E-state index contributed by atoms with van der Waals surface area (Å²) < 4.78 is 10.8. The van der Waals surface area contributed by atoms with Gasteiger partial charge in [0, 0.05) is 24.6 Å². The molecule has 3 rings (SSSR count). The Hall–Kier alpha value is -2.08. The molecule has 0 saturated carbocycles. The van der Waals surface area contributed by atoms with Crippen LogP contribution in [0.25, 0.3) is 11.4 Å². The van der Waals surface area contributed by atoms with E-state index in [1.165, 1.54) is 0 Å². The van der Waals surface area contributed by atoms with Crippen LogP contribution in [-0.4, -0.2) is 41.1 Å². The molecule has 1 aromatic carbocycles. The maximum Gasteiger partial charge on any atom is 0.230 e. The zero-order valence-electron chi connectivity index (χ0n) is 12.9. The van der Waals surface area contributed by atoms with Crippen molar-refractivity contribution in [1.29, 1.82) is 0 Å². The van der Waals surface area contributed by atoms with Crippen molar-refractivity contribution in [2.75, 3.05) is 19.7 Å². The van der Waals surface area contributed by atoms with Gasteiger partial charge < -0.3 is 14.2 Å². The molecule has 1 aromatic heterocycles. The molecule has 1 saturated heterocycles. The second-order valence-electron chi connectivity index (χ2n) is 5.45. The minimum absolute atomic E-state index is 0.200. The first kappa shape index (κ1) is 15.8. The Labute approximate surface area is 139 Å². The van der Waals surface area contributed by atoms with E-state index in [-0.39, 0.29) is 5.92 Å². The Morgan fingerprint density at radius 1 is 1.43 bits per heavy atom. The number of hydrogen-bond donors (Lipinski definition) is 0. The van der Waals surface area contributed by atoms with Crippen LogP contribution in [-0.2, 0) is 4.79 Å². The van der Waals surface area contributed by atoms with E-state index < -0.39 is 0 Å². The molecule has 1 fully saturated rings. The number of amides is 1. The molecular weight excluding hydrogens is 318 g/mol. The zero-order chi connectivity index (χ0) is 16.2. The molecule has 2 heterocycles. The van der Waals surface area contributed by atoms with E-state index in [0.29, 0.717) is 29.1 Å². The van der Waals surface area contributed by atoms with E-state index in [1.807, 2.05) is 13.0 Å². The van der Waals surface area contributed by atoms with Gasteiger partial charge in [0.2, 0.25) is 18.1 Å². The Kier molecular flexibility index (Phi) is 4.81. The predicted molar refractivity (Wildman–Crippen MR) is 85.5 cm³/mol. The summed E-state index contributed by atoms with van der Waals surface area (Å²) in [6.07, 6.45) is 2.56.